The number of aliphatic hydroxyl groups is 1. The standard InChI is InChI=1S/C21H34O5/c1-15(2)8-10-18(22)16(3)7-6-12-21(4)19(23)11-9-17(14-26-21)13-20(24)25-5/h8,13,16,18,22H,6-7,9-12,14H2,1-5H3/t16?,18?,21-/m0/s1. The molecule has 5 nitrogen and oxygen atoms in total. The molecule has 0 amide bonds. The molecule has 1 N–H and O–H groups in total. The molecule has 0 aromatic carbocycles. The Morgan fingerprint density at radius 3 is 2.69 bits per heavy atom. The van der Waals surface area contributed by atoms with Crippen molar-refractivity contribution >= 4 is 11.8 Å². The number of carbonyl (C=O) groups is 2. The minimum Gasteiger partial charge on any atom is -0.466 e. The summed E-state index contributed by atoms with van der Waals surface area (Å²) in [6, 6.07) is 0. The molecule has 0 aliphatic carbocycles. The van der Waals surface area contributed by atoms with Crippen molar-refractivity contribution < 1.29 is 24.2 Å². The number of hydrogen-bond acceptors (Lipinski definition) is 5. The molecule has 1 aliphatic rings. The van der Waals surface area contributed by atoms with Crippen LogP contribution in [0.25, 0.3) is 0 Å². The summed E-state index contributed by atoms with van der Waals surface area (Å²) in [7, 11) is 1.33. The number of ether oxygens (including phenoxy) is 2. The number of allylic oxidation sites excluding steroid dienone is 1. The molecule has 0 bridgehead atoms. The molecule has 0 aromatic heterocycles. The van der Waals surface area contributed by atoms with Crippen molar-refractivity contribution in [1.29, 1.82) is 0 Å². The van der Waals surface area contributed by atoms with Crippen LogP contribution in [0.5, 0.6) is 0 Å². The van der Waals surface area contributed by atoms with Crippen LogP contribution in [0.4, 0.5) is 0 Å². The van der Waals surface area contributed by atoms with E-state index in [1.807, 2.05) is 27.7 Å². The van der Waals surface area contributed by atoms with Gasteiger partial charge in [-0.15, -0.1) is 0 Å². The van der Waals surface area contributed by atoms with E-state index in [2.05, 4.69) is 10.8 Å². The number of methoxy groups -OCH3 is 1. The molecule has 1 aliphatic heterocycles. The van der Waals surface area contributed by atoms with Crippen LogP contribution in [0.1, 0.15) is 66.2 Å². The Balaban J connectivity index is 2.54. The van der Waals surface area contributed by atoms with Crippen molar-refractivity contribution in [2.45, 2.75) is 77.9 Å². The summed E-state index contributed by atoms with van der Waals surface area (Å²) in [6.07, 6.45) is 6.95. The van der Waals surface area contributed by atoms with Gasteiger partial charge in [0.15, 0.2) is 5.78 Å². The maximum atomic E-state index is 12.5. The van der Waals surface area contributed by atoms with Gasteiger partial charge in [0.2, 0.25) is 0 Å². The van der Waals surface area contributed by atoms with Gasteiger partial charge in [-0.05, 0) is 64.4 Å². The van der Waals surface area contributed by atoms with Gasteiger partial charge in [-0.2, -0.15) is 0 Å². The number of carbonyl (C=O) groups excluding carboxylic acids is 2. The molecule has 0 spiro atoms. The first-order valence-corrected chi connectivity index (χ1v) is 9.44. The molecule has 1 rings (SSSR count). The summed E-state index contributed by atoms with van der Waals surface area (Å²) in [6.45, 7) is 8.20. The second-order valence-corrected chi connectivity index (χ2v) is 7.72. The van der Waals surface area contributed by atoms with Crippen molar-refractivity contribution in [2.24, 2.45) is 5.92 Å². The Morgan fingerprint density at radius 2 is 2.08 bits per heavy atom. The third kappa shape index (κ3) is 7.42. The second-order valence-electron chi connectivity index (χ2n) is 7.72. The van der Waals surface area contributed by atoms with Crippen LogP contribution in [0, 0.1) is 5.92 Å². The van der Waals surface area contributed by atoms with Crippen LogP contribution < -0.4 is 0 Å². The molecule has 3 atom stereocenters. The molecule has 0 aromatic rings. The topological polar surface area (TPSA) is 72.8 Å². The molecule has 26 heavy (non-hydrogen) atoms. The summed E-state index contributed by atoms with van der Waals surface area (Å²) in [5.41, 5.74) is 1.17. The molecule has 0 radical (unpaired) electrons. The summed E-state index contributed by atoms with van der Waals surface area (Å²) in [5.74, 6) is -0.174. The zero-order valence-corrected chi connectivity index (χ0v) is 16.8. The van der Waals surface area contributed by atoms with E-state index in [1.165, 1.54) is 18.8 Å². The van der Waals surface area contributed by atoms with E-state index in [4.69, 9.17) is 4.74 Å². The highest BCUT2D eigenvalue weighted by Crippen LogP contribution is 2.29. The lowest BCUT2D eigenvalue weighted by Crippen LogP contribution is -2.37. The Kier molecular flexibility index (Phi) is 9.23. The largest absolute Gasteiger partial charge is 0.466 e. The fraction of sp³-hybridized carbons (Fsp3) is 0.714. The SMILES string of the molecule is COC(=O)C=C1CCC(=O)[C@](C)(CCCC(C)C(O)CC=C(C)C)OC1. The zero-order valence-electron chi connectivity index (χ0n) is 16.8. The number of hydrogen-bond donors (Lipinski definition) is 1. The first kappa shape index (κ1) is 22.6. The number of ketones is 1. The third-order valence-electron chi connectivity index (χ3n) is 5.10. The molecular weight excluding hydrogens is 332 g/mol. The normalized spacial score (nSPS) is 24.7. The van der Waals surface area contributed by atoms with Gasteiger partial charge in [-0.3, -0.25) is 4.79 Å². The average molecular weight is 366 g/mol. The molecule has 2 unspecified atom stereocenters. The molecule has 0 saturated carbocycles. The van der Waals surface area contributed by atoms with Crippen LogP contribution in [-0.4, -0.2) is 42.3 Å². The summed E-state index contributed by atoms with van der Waals surface area (Å²) < 4.78 is 10.5. The Morgan fingerprint density at radius 1 is 1.38 bits per heavy atom. The lowest BCUT2D eigenvalue weighted by Gasteiger charge is -2.27. The van der Waals surface area contributed by atoms with Gasteiger partial charge in [0.25, 0.3) is 0 Å². The zero-order chi connectivity index (χ0) is 19.7. The Hall–Kier alpha value is -1.46. The van der Waals surface area contributed by atoms with Gasteiger partial charge in [0, 0.05) is 12.5 Å². The van der Waals surface area contributed by atoms with Gasteiger partial charge in [0.1, 0.15) is 5.60 Å². The van der Waals surface area contributed by atoms with E-state index >= 15 is 0 Å². The van der Waals surface area contributed by atoms with Crippen LogP contribution in [-0.2, 0) is 19.1 Å². The molecule has 5 heteroatoms. The molecular formula is C21H34O5. The highest BCUT2D eigenvalue weighted by Gasteiger charge is 2.35. The van der Waals surface area contributed by atoms with E-state index in [0.29, 0.717) is 25.7 Å². The van der Waals surface area contributed by atoms with Crippen molar-refractivity contribution in [3.63, 3.8) is 0 Å². The second kappa shape index (κ2) is 10.6. The minimum absolute atomic E-state index is 0.0727. The van der Waals surface area contributed by atoms with Gasteiger partial charge in [-0.1, -0.05) is 18.6 Å². The number of aliphatic hydroxyl groups excluding tert-OH is 1. The van der Waals surface area contributed by atoms with E-state index in [-0.39, 0.29) is 24.4 Å². The average Bonchev–Trinajstić information content (AvgIpc) is 2.73. The number of esters is 1. The minimum atomic E-state index is -0.823. The predicted octanol–water partition coefficient (Wildman–Crippen LogP) is 3.75. The summed E-state index contributed by atoms with van der Waals surface area (Å²) in [4.78, 5) is 23.9. The van der Waals surface area contributed by atoms with Crippen molar-refractivity contribution in [2.75, 3.05) is 13.7 Å². The maximum Gasteiger partial charge on any atom is 0.330 e. The van der Waals surface area contributed by atoms with Crippen LogP contribution in [0.2, 0.25) is 0 Å². The Bertz CT molecular complexity index is 545. The number of rotatable bonds is 8. The first-order chi connectivity index (χ1) is 12.2. The number of Topliss-reactive ketones (excluding diaryl/α,β-unsaturated/α-hetero) is 1. The van der Waals surface area contributed by atoms with Gasteiger partial charge < -0.3 is 14.6 Å². The van der Waals surface area contributed by atoms with Crippen molar-refractivity contribution in [3.8, 4) is 0 Å². The lowest BCUT2D eigenvalue weighted by atomic mass is 9.88. The molecule has 148 valence electrons. The fourth-order valence-corrected chi connectivity index (χ4v) is 3.04. The van der Waals surface area contributed by atoms with E-state index in [1.54, 1.807) is 0 Å². The van der Waals surface area contributed by atoms with Crippen molar-refractivity contribution in [3.05, 3.63) is 23.3 Å². The van der Waals surface area contributed by atoms with Gasteiger partial charge in [0.05, 0.1) is 19.8 Å². The van der Waals surface area contributed by atoms with Crippen molar-refractivity contribution in [1.82, 2.24) is 0 Å². The molecule has 1 heterocycles. The van der Waals surface area contributed by atoms with E-state index < -0.39 is 11.6 Å². The van der Waals surface area contributed by atoms with E-state index in [0.717, 1.165) is 18.4 Å². The van der Waals surface area contributed by atoms with Gasteiger partial charge in [-0.25, -0.2) is 4.79 Å². The monoisotopic (exact) mass is 366 g/mol. The quantitative estimate of drug-likeness (QED) is 0.402. The summed E-state index contributed by atoms with van der Waals surface area (Å²) >= 11 is 0. The molecule has 1 fully saturated rings. The maximum absolute atomic E-state index is 12.5. The smallest absolute Gasteiger partial charge is 0.330 e. The summed E-state index contributed by atoms with van der Waals surface area (Å²) in [5, 5.41) is 10.2. The van der Waals surface area contributed by atoms with Crippen LogP contribution in [0.3, 0.4) is 0 Å². The van der Waals surface area contributed by atoms with Gasteiger partial charge >= 0.3 is 5.97 Å². The predicted molar refractivity (Wildman–Crippen MR) is 102 cm³/mol. The lowest BCUT2D eigenvalue weighted by molar-refractivity contribution is -0.140. The van der Waals surface area contributed by atoms with Crippen LogP contribution in [0.15, 0.2) is 23.3 Å². The third-order valence-corrected chi connectivity index (χ3v) is 5.10. The Labute approximate surface area is 157 Å². The fourth-order valence-electron chi connectivity index (χ4n) is 3.04. The highest BCUT2D eigenvalue weighted by atomic mass is 16.5. The first-order valence-electron chi connectivity index (χ1n) is 9.44. The van der Waals surface area contributed by atoms with Crippen LogP contribution >= 0.6 is 0 Å². The van der Waals surface area contributed by atoms with E-state index in [9.17, 15) is 14.7 Å². The highest BCUT2D eigenvalue weighted by molar-refractivity contribution is 5.88. The molecule has 1 saturated heterocycles.